The lowest BCUT2D eigenvalue weighted by atomic mass is 9.47. The molecule has 0 aliphatic heterocycles. The molecule has 4 aliphatic rings. The Morgan fingerprint density at radius 1 is 1.13 bits per heavy atom. The lowest BCUT2D eigenvalue weighted by molar-refractivity contribution is -0.128. The van der Waals surface area contributed by atoms with Crippen molar-refractivity contribution in [3.05, 3.63) is 11.6 Å². The van der Waals surface area contributed by atoms with Crippen LogP contribution in [0.25, 0.3) is 0 Å². The Morgan fingerprint density at radius 3 is 2.61 bits per heavy atom. The number of rotatable bonds is 0. The normalized spacial score (nSPS) is 51.0. The second kappa shape index (κ2) is 4.94. The zero-order valence-electron chi connectivity index (χ0n) is 14.6. The minimum Gasteiger partial charge on any atom is -0.411 e. The number of nitrogens with zero attached hydrogens (tertiary/aromatic N) is 1. The molecule has 3 fully saturated rings. The van der Waals surface area contributed by atoms with Gasteiger partial charge in [-0.1, -0.05) is 37.6 Å². The average Bonchev–Trinajstić information content (AvgIpc) is 2.79. The van der Waals surface area contributed by atoms with Crippen LogP contribution < -0.4 is 0 Å². The third kappa shape index (κ3) is 1.94. The van der Waals surface area contributed by atoms with Crippen LogP contribution in [0.15, 0.2) is 16.8 Å². The van der Waals surface area contributed by atoms with Crippen molar-refractivity contribution in [2.75, 3.05) is 0 Å². The van der Waals surface area contributed by atoms with E-state index in [1.807, 2.05) is 0 Å². The van der Waals surface area contributed by atoms with Crippen LogP contribution in [0.4, 0.5) is 0 Å². The summed E-state index contributed by atoms with van der Waals surface area (Å²) in [4.78, 5) is 12.7. The Bertz CT molecular complexity index is 607. The van der Waals surface area contributed by atoms with E-state index in [0.29, 0.717) is 35.3 Å². The summed E-state index contributed by atoms with van der Waals surface area (Å²) in [7, 11) is 0. The molecular weight excluding hydrogens is 286 g/mol. The fraction of sp³-hybridized carbons (Fsp3) is 0.800. The van der Waals surface area contributed by atoms with Crippen molar-refractivity contribution in [2.24, 2.45) is 39.7 Å². The molecule has 126 valence electrons. The highest BCUT2D eigenvalue weighted by Gasteiger charge is 2.60. The SMILES string of the molecule is C[C@H]1CC[C@@]2(C)C(=CC[C@@H]3[C@@H]2CC[C@]2(C)C(=O)/C(=N\O)C[C@@H]32)C1. The molecule has 0 amide bonds. The van der Waals surface area contributed by atoms with E-state index < -0.39 is 0 Å². The summed E-state index contributed by atoms with van der Waals surface area (Å²) in [5, 5.41) is 12.6. The van der Waals surface area contributed by atoms with Crippen LogP contribution in [0.3, 0.4) is 0 Å². The highest BCUT2D eigenvalue weighted by Crippen LogP contribution is 2.63. The number of ketones is 1. The predicted molar refractivity (Wildman–Crippen MR) is 90.5 cm³/mol. The summed E-state index contributed by atoms with van der Waals surface area (Å²) in [5.41, 5.74) is 2.18. The van der Waals surface area contributed by atoms with Crippen molar-refractivity contribution in [3.63, 3.8) is 0 Å². The van der Waals surface area contributed by atoms with E-state index in [-0.39, 0.29) is 11.2 Å². The molecule has 23 heavy (non-hydrogen) atoms. The van der Waals surface area contributed by atoms with Crippen LogP contribution >= 0.6 is 0 Å². The topological polar surface area (TPSA) is 49.7 Å². The van der Waals surface area contributed by atoms with Gasteiger partial charge in [-0.05, 0) is 67.6 Å². The summed E-state index contributed by atoms with van der Waals surface area (Å²) < 4.78 is 0. The number of fused-ring (bicyclic) bond motifs is 5. The molecule has 0 unspecified atom stereocenters. The van der Waals surface area contributed by atoms with Crippen LogP contribution in [0, 0.1) is 34.5 Å². The first-order valence-electron chi connectivity index (χ1n) is 9.35. The molecule has 0 bridgehead atoms. The molecule has 0 aromatic rings. The van der Waals surface area contributed by atoms with Crippen LogP contribution in [0.5, 0.6) is 0 Å². The summed E-state index contributed by atoms with van der Waals surface area (Å²) >= 11 is 0. The molecule has 0 spiro atoms. The van der Waals surface area contributed by atoms with E-state index >= 15 is 0 Å². The first-order chi connectivity index (χ1) is 10.9. The van der Waals surface area contributed by atoms with E-state index in [2.05, 4.69) is 32.0 Å². The minimum absolute atomic E-state index is 0.112. The number of oxime groups is 1. The van der Waals surface area contributed by atoms with Gasteiger partial charge in [-0.3, -0.25) is 4.79 Å². The summed E-state index contributed by atoms with van der Waals surface area (Å²) in [6.07, 6.45) is 10.3. The number of hydrogen-bond acceptors (Lipinski definition) is 3. The molecule has 0 saturated heterocycles. The Labute approximate surface area is 139 Å². The van der Waals surface area contributed by atoms with Crippen molar-refractivity contribution >= 4 is 11.5 Å². The first-order valence-corrected chi connectivity index (χ1v) is 9.35. The second-order valence-corrected chi connectivity index (χ2v) is 9.14. The van der Waals surface area contributed by atoms with E-state index in [9.17, 15) is 10.0 Å². The molecule has 0 radical (unpaired) electrons. The average molecular weight is 315 g/mol. The van der Waals surface area contributed by atoms with Gasteiger partial charge in [-0.15, -0.1) is 0 Å². The van der Waals surface area contributed by atoms with Crippen LogP contribution in [0.2, 0.25) is 0 Å². The molecule has 0 heterocycles. The molecule has 3 heteroatoms. The Morgan fingerprint density at radius 2 is 1.87 bits per heavy atom. The van der Waals surface area contributed by atoms with Gasteiger partial charge in [0.2, 0.25) is 0 Å². The zero-order chi connectivity index (χ0) is 16.4. The van der Waals surface area contributed by atoms with E-state index in [0.717, 1.165) is 25.2 Å². The van der Waals surface area contributed by atoms with Gasteiger partial charge in [0.15, 0.2) is 5.78 Å². The van der Waals surface area contributed by atoms with Crippen molar-refractivity contribution < 1.29 is 10.0 Å². The molecule has 6 atom stereocenters. The van der Waals surface area contributed by atoms with Gasteiger partial charge in [0.05, 0.1) is 0 Å². The van der Waals surface area contributed by atoms with Gasteiger partial charge in [-0.25, -0.2) is 0 Å². The summed E-state index contributed by atoms with van der Waals surface area (Å²) in [6, 6.07) is 0. The molecule has 1 N–H and O–H groups in total. The molecule has 0 aromatic heterocycles. The largest absolute Gasteiger partial charge is 0.411 e. The smallest absolute Gasteiger partial charge is 0.186 e. The maximum atomic E-state index is 12.7. The molecular formula is C20H29NO2. The third-order valence-electron chi connectivity index (χ3n) is 8.05. The molecule has 4 rings (SSSR count). The van der Waals surface area contributed by atoms with Crippen LogP contribution in [-0.4, -0.2) is 16.7 Å². The lowest BCUT2D eigenvalue weighted by Crippen LogP contribution is -2.50. The standard InChI is InChI=1S/C20H29NO2/c1-12-6-8-19(2)13(10-12)4-5-14-15(19)7-9-20(3)16(14)11-17(21-23)18(20)22/h4,12,14-16,23H,5-11H2,1-3H3/b21-17-/t12-,14+,15-,16-,19-,20-/m0/s1. The zero-order valence-corrected chi connectivity index (χ0v) is 14.6. The van der Waals surface area contributed by atoms with Crippen molar-refractivity contribution in [3.8, 4) is 0 Å². The van der Waals surface area contributed by atoms with Crippen molar-refractivity contribution in [1.29, 1.82) is 0 Å². The Hall–Kier alpha value is -1.12. The molecule has 3 saturated carbocycles. The Kier molecular flexibility index (Phi) is 3.31. The van der Waals surface area contributed by atoms with Gasteiger partial charge < -0.3 is 5.21 Å². The highest BCUT2D eigenvalue weighted by atomic mass is 16.4. The number of carbonyl (C=O) groups excluding carboxylic acids is 1. The van der Waals surface area contributed by atoms with Gasteiger partial charge in [0.1, 0.15) is 5.71 Å². The fourth-order valence-electron chi connectivity index (χ4n) is 6.54. The second-order valence-electron chi connectivity index (χ2n) is 9.14. The highest BCUT2D eigenvalue weighted by molar-refractivity contribution is 6.43. The quantitative estimate of drug-likeness (QED) is 0.403. The number of carbonyl (C=O) groups is 1. The van der Waals surface area contributed by atoms with Gasteiger partial charge in [-0.2, -0.15) is 0 Å². The van der Waals surface area contributed by atoms with Gasteiger partial charge in [0, 0.05) is 11.8 Å². The number of hydrogen-bond donors (Lipinski definition) is 1. The van der Waals surface area contributed by atoms with Crippen LogP contribution in [-0.2, 0) is 4.79 Å². The molecule has 3 nitrogen and oxygen atoms in total. The van der Waals surface area contributed by atoms with Crippen molar-refractivity contribution in [1.82, 2.24) is 0 Å². The number of allylic oxidation sites excluding steroid dienone is 2. The minimum atomic E-state index is -0.285. The monoisotopic (exact) mass is 315 g/mol. The first kappa shape index (κ1) is 15.4. The lowest BCUT2D eigenvalue weighted by Gasteiger charge is -2.56. The van der Waals surface area contributed by atoms with E-state index in [4.69, 9.17) is 0 Å². The van der Waals surface area contributed by atoms with Gasteiger partial charge >= 0.3 is 0 Å². The van der Waals surface area contributed by atoms with Gasteiger partial charge in [0.25, 0.3) is 0 Å². The van der Waals surface area contributed by atoms with E-state index in [1.54, 1.807) is 5.57 Å². The molecule has 0 aromatic carbocycles. The number of Topliss-reactive ketones (excluding diaryl/α,β-unsaturated/α-hetero) is 1. The predicted octanol–water partition coefficient (Wildman–Crippen LogP) is 4.59. The molecule has 4 aliphatic carbocycles. The van der Waals surface area contributed by atoms with Crippen LogP contribution in [0.1, 0.15) is 65.7 Å². The van der Waals surface area contributed by atoms with E-state index in [1.165, 1.54) is 19.3 Å². The fourth-order valence-corrected chi connectivity index (χ4v) is 6.54. The third-order valence-corrected chi connectivity index (χ3v) is 8.05. The maximum Gasteiger partial charge on any atom is 0.186 e. The maximum absolute atomic E-state index is 12.7. The van der Waals surface area contributed by atoms with Crippen molar-refractivity contribution in [2.45, 2.75) is 65.7 Å². The Balaban J connectivity index is 1.71. The summed E-state index contributed by atoms with van der Waals surface area (Å²) in [5.74, 6) is 2.59. The summed E-state index contributed by atoms with van der Waals surface area (Å²) in [6.45, 7) is 6.99.